The lowest BCUT2D eigenvalue weighted by Crippen LogP contribution is -2.21. The van der Waals surface area contributed by atoms with E-state index in [-0.39, 0.29) is 6.10 Å². The molecule has 0 radical (unpaired) electrons. The highest BCUT2D eigenvalue weighted by Crippen LogP contribution is 2.24. The van der Waals surface area contributed by atoms with Crippen molar-refractivity contribution in [2.24, 2.45) is 0 Å². The molecular formula is C19H24O2. The van der Waals surface area contributed by atoms with E-state index in [1.165, 1.54) is 5.56 Å². The van der Waals surface area contributed by atoms with Gasteiger partial charge < -0.3 is 9.84 Å². The molecule has 0 saturated heterocycles. The molecule has 0 heterocycles. The predicted octanol–water partition coefficient (Wildman–Crippen LogP) is 4.70. The summed E-state index contributed by atoms with van der Waals surface area (Å²) in [6.07, 6.45) is 0.214. The molecule has 0 aliphatic carbocycles. The molecule has 3 unspecified atom stereocenters. The fourth-order valence-corrected chi connectivity index (χ4v) is 2.31. The number of benzene rings is 2. The Morgan fingerprint density at radius 2 is 1.52 bits per heavy atom. The van der Waals surface area contributed by atoms with Gasteiger partial charge in [-0.25, -0.2) is 0 Å². The van der Waals surface area contributed by atoms with Gasteiger partial charge in [-0.15, -0.1) is 0 Å². The third-order valence-electron chi connectivity index (χ3n) is 3.97. The lowest BCUT2D eigenvalue weighted by Gasteiger charge is -2.21. The number of aliphatic hydroxyl groups excluding tert-OH is 1. The molecule has 3 atom stereocenters. The minimum absolute atomic E-state index is 0.290. The molecule has 2 rings (SSSR count). The second-order valence-corrected chi connectivity index (χ2v) is 5.56. The van der Waals surface area contributed by atoms with Crippen LogP contribution in [0.5, 0.6) is 5.75 Å². The molecule has 0 fully saturated rings. The van der Waals surface area contributed by atoms with E-state index in [1.807, 2.05) is 49.4 Å². The predicted molar refractivity (Wildman–Crippen MR) is 86.6 cm³/mol. The minimum Gasteiger partial charge on any atom is -0.488 e. The Morgan fingerprint density at radius 3 is 2.10 bits per heavy atom. The van der Waals surface area contributed by atoms with Gasteiger partial charge >= 0.3 is 0 Å². The zero-order valence-corrected chi connectivity index (χ0v) is 13.0. The first-order chi connectivity index (χ1) is 10.1. The summed E-state index contributed by atoms with van der Waals surface area (Å²) in [6.45, 7) is 6.30. The third kappa shape index (κ3) is 4.08. The van der Waals surface area contributed by atoms with E-state index in [0.29, 0.717) is 5.92 Å². The van der Waals surface area contributed by atoms with Gasteiger partial charge in [0.1, 0.15) is 18.0 Å². The van der Waals surface area contributed by atoms with Gasteiger partial charge in [0.05, 0.1) is 0 Å². The molecule has 1 N–H and O–H groups in total. The zero-order chi connectivity index (χ0) is 15.2. The minimum atomic E-state index is -0.625. The lowest BCUT2D eigenvalue weighted by atomic mass is 9.99. The Labute approximate surface area is 127 Å². The monoisotopic (exact) mass is 284 g/mol. The summed E-state index contributed by atoms with van der Waals surface area (Å²) < 4.78 is 5.85. The smallest absolute Gasteiger partial charge is 0.126 e. The van der Waals surface area contributed by atoms with E-state index in [4.69, 9.17) is 4.74 Å². The molecule has 0 amide bonds. The van der Waals surface area contributed by atoms with Gasteiger partial charge in [-0.3, -0.25) is 0 Å². The van der Waals surface area contributed by atoms with Crippen LogP contribution in [0.4, 0.5) is 0 Å². The van der Waals surface area contributed by atoms with Gasteiger partial charge in [-0.1, -0.05) is 56.3 Å². The van der Waals surface area contributed by atoms with Crippen molar-refractivity contribution in [3.63, 3.8) is 0 Å². The van der Waals surface area contributed by atoms with Crippen molar-refractivity contribution in [1.82, 2.24) is 0 Å². The Hall–Kier alpha value is -1.80. The van der Waals surface area contributed by atoms with Gasteiger partial charge in [0, 0.05) is 0 Å². The maximum atomic E-state index is 10.3. The fraction of sp³-hybridized carbons (Fsp3) is 0.368. The SMILES string of the molecule is CCC(C)c1ccc(OC(C)C(O)c2ccccc2)cc1. The Morgan fingerprint density at radius 1 is 0.905 bits per heavy atom. The number of aliphatic hydroxyl groups is 1. The first kappa shape index (κ1) is 15.6. The van der Waals surface area contributed by atoms with E-state index < -0.39 is 6.10 Å². The molecule has 0 aliphatic heterocycles. The van der Waals surface area contributed by atoms with Crippen LogP contribution in [0, 0.1) is 0 Å². The average Bonchev–Trinajstić information content (AvgIpc) is 2.55. The molecular weight excluding hydrogens is 260 g/mol. The fourth-order valence-electron chi connectivity index (χ4n) is 2.31. The quantitative estimate of drug-likeness (QED) is 0.833. The van der Waals surface area contributed by atoms with Crippen LogP contribution < -0.4 is 4.74 Å². The topological polar surface area (TPSA) is 29.5 Å². The molecule has 2 aromatic rings. The zero-order valence-electron chi connectivity index (χ0n) is 13.0. The third-order valence-corrected chi connectivity index (χ3v) is 3.97. The summed E-state index contributed by atoms with van der Waals surface area (Å²) in [6, 6.07) is 17.8. The number of hydrogen-bond donors (Lipinski definition) is 1. The molecule has 2 nitrogen and oxygen atoms in total. The molecule has 2 heteroatoms. The van der Waals surface area contributed by atoms with Gasteiger partial charge in [0.15, 0.2) is 0 Å². The lowest BCUT2D eigenvalue weighted by molar-refractivity contribution is 0.0467. The van der Waals surface area contributed by atoms with Crippen LogP contribution in [-0.4, -0.2) is 11.2 Å². The van der Waals surface area contributed by atoms with Crippen LogP contribution in [0.15, 0.2) is 54.6 Å². The Balaban J connectivity index is 2.01. The van der Waals surface area contributed by atoms with E-state index in [1.54, 1.807) is 0 Å². The van der Waals surface area contributed by atoms with Crippen molar-refractivity contribution in [2.45, 2.75) is 45.3 Å². The molecule has 0 bridgehead atoms. The highest BCUT2D eigenvalue weighted by atomic mass is 16.5. The van der Waals surface area contributed by atoms with Crippen molar-refractivity contribution in [1.29, 1.82) is 0 Å². The summed E-state index contributed by atoms with van der Waals surface area (Å²) in [5.41, 5.74) is 2.20. The van der Waals surface area contributed by atoms with Gasteiger partial charge in [0.25, 0.3) is 0 Å². The summed E-state index contributed by atoms with van der Waals surface area (Å²) in [7, 11) is 0. The molecule has 21 heavy (non-hydrogen) atoms. The Bertz CT molecular complexity index is 533. The maximum Gasteiger partial charge on any atom is 0.126 e. The summed E-state index contributed by atoms with van der Waals surface area (Å²) in [5.74, 6) is 1.36. The molecule has 0 aliphatic rings. The normalized spacial score (nSPS) is 15.2. The van der Waals surface area contributed by atoms with Crippen LogP contribution in [0.2, 0.25) is 0 Å². The second kappa shape index (κ2) is 7.28. The van der Waals surface area contributed by atoms with E-state index in [2.05, 4.69) is 26.0 Å². The van der Waals surface area contributed by atoms with Crippen LogP contribution in [0.1, 0.15) is 50.3 Å². The first-order valence-electron chi connectivity index (χ1n) is 7.61. The second-order valence-electron chi connectivity index (χ2n) is 5.56. The molecule has 0 spiro atoms. The van der Waals surface area contributed by atoms with Crippen LogP contribution in [0.3, 0.4) is 0 Å². The Kier molecular flexibility index (Phi) is 5.40. The maximum absolute atomic E-state index is 10.3. The van der Waals surface area contributed by atoms with Crippen molar-refractivity contribution in [3.8, 4) is 5.75 Å². The van der Waals surface area contributed by atoms with Gasteiger partial charge in [0.2, 0.25) is 0 Å². The number of ether oxygens (including phenoxy) is 1. The average molecular weight is 284 g/mol. The van der Waals surface area contributed by atoms with Crippen LogP contribution in [0.25, 0.3) is 0 Å². The molecule has 112 valence electrons. The van der Waals surface area contributed by atoms with Crippen LogP contribution >= 0.6 is 0 Å². The number of hydrogen-bond acceptors (Lipinski definition) is 2. The summed E-state index contributed by atoms with van der Waals surface area (Å²) in [4.78, 5) is 0. The van der Waals surface area contributed by atoms with Crippen molar-refractivity contribution < 1.29 is 9.84 Å². The largest absolute Gasteiger partial charge is 0.488 e. The highest BCUT2D eigenvalue weighted by Gasteiger charge is 2.17. The van der Waals surface area contributed by atoms with Crippen LogP contribution in [-0.2, 0) is 0 Å². The van der Waals surface area contributed by atoms with E-state index in [9.17, 15) is 5.11 Å². The van der Waals surface area contributed by atoms with Gasteiger partial charge in [-0.2, -0.15) is 0 Å². The molecule has 0 aromatic heterocycles. The number of rotatable bonds is 6. The molecule has 2 aromatic carbocycles. The van der Waals surface area contributed by atoms with Crippen molar-refractivity contribution in [3.05, 3.63) is 65.7 Å². The van der Waals surface area contributed by atoms with E-state index in [0.717, 1.165) is 17.7 Å². The first-order valence-corrected chi connectivity index (χ1v) is 7.61. The van der Waals surface area contributed by atoms with E-state index >= 15 is 0 Å². The van der Waals surface area contributed by atoms with Gasteiger partial charge in [-0.05, 0) is 42.5 Å². The highest BCUT2D eigenvalue weighted by molar-refractivity contribution is 5.29. The van der Waals surface area contributed by atoms with Crippen molar-refractivity contribution >= 4 is 0 Å². The summed E-state index contributed by atoms with van der Waals surface area (Å²) >= 11 is 0. The van der Waals surface area contributed by atoms with Crippen molar-refractivity contribution in [2.75, 3.05) is 0 Å². The standard InChI is InChI=1S/C19H24O2/c1-4-14(2)16-10-12-18(13-11-16)21-15(3)19(20)17-8-6-5-7-9-17/h5-15,19-20H,4H2,1-3H3. The summed E-state index contributed by atoms with van der Waals surface area (Å²) in [5, 5.41) is 10.3. The molecule has 0 saturated carbocycles.